The number of likely N-dealkylation sites (tertiary alicyclic amines) is 2. The van der Waals surface area contributed by atoms with E-state index >= 15 is 0 Å². The van der Waals surface area contributed by atoms with Crippen LogP contribution in [-0.4, -0.2) is 46.0 Å². The van der Waals surface area contributed by atoms with Crippen molar-refractivity contribution < 1.29 is 10.0 Å². The fourth-order valence-corrected chi connectivity index (χ4v) is 3.45. The number of phenolic OH excluding ortho intramolecular Hbond substituents is 1. The van der Waals surface area contributed by atoms with Gasteiger partial charge in [0, 0.05) is 36.3 Å². The second kappa shape index (κ2) is 8.99. The summed E-state index contributed by atoms with van der Waals surface area (Å²) in [6.45, 7) is 9.21. The van der Waals surface area contributed by atoms with Crippen molar-refractivity contribution in [1.29, 1.82) is 0 Å². The second-order valence-electron chi connectivity index (χ2n) is 6.34. The van der Waals surface area contributed by atoms with Crippen molar-refractivity contribution in [3.05, 3.63) is 33.4 Å². The molecule has 0 aliphatic carbocycles. The molecule has 2 aliphatic heterocycles. The predicted octanol–water partition coefficient (Wildman–Crippen LogP) is 3.52. The Kier molecular flexibility index (Phi) is 6.99. The summed E-state index contributed by atoms with van der Waals surface area (Å²) in [5.41, 5.74) is 1.46. The Morgan fingerprint density at radius 3 is 1.67 bits per heavy atom. The molecule has 0 radical (unpaired) electrons. The van der Waals surface area contributed by atoms with Gasteiger partial charge in [-0.05, 0) is 51.9 Å². The number of hydrogen-bond donors (Lipinski definition) is 1. The minimum absolute atomic E-state index is 0.0844. The van der Waals surface area contributed by atoms with E-state index in [4.69, 9.17) is 0 Å². The number of aromatic hydroxyl groups is 1. The molecule has 2 saturated heterocycles. The molecule has 0 unspecified atom stereocenters. The standard InChI is InChI=1S/C16H23N3O3.C2H6/c20-16-13(11-17-5-1-2-6-17)9-15(19(21)22)10-14(16)12-18-7-3-4-8-18;1-2/h9-10,20H,1-8,11-12H2;1-2H3. The molecule has 6 heteroatoms. The highest BCUT2D eigenvalue weighted by Gasteiger charge is 2.22. The molecule has 2 fully saturated rings. The zero-order chi connectivity index (χ0) is 17.5. The molecule has 6 nitrogen and oxygen atoms in total. The number of nitro groups is 1. The van der Waals surface area contributed by atoms with Crippen molar-refractivity contribution in [2.75, 3.05) is 26.2 Å². The van der Waals surface area contributed by atoms with Crippen molar-refractivity contribution in [3.63, 3.8) is 0 Å². The summed E-state index contributed by atoms with van der Waals surface area (Å²) in [6.07, 6.45) is 4.65. The van der Waals surface area contributed by atoms with Gasteiger partial charge < -0.3 is 5.11 Å². The Balaban J connectivity index is 0.00000100. The van der Waals surface area contributed by atoms with E-state index in [1.54, 1.807) is 0 Å². The zero-order valence-corrected chi connectivity index (χ0v) is 14.8. The summed E-state index contributed by atoms with van der Waals surface area (Å²) in [6, 6.07) is 3.06. The van der Waals surface area contributed by atoms with Crippen LogP contribution < -0.4 is 0 Å². The lowest BCUT2D eigenvalue weighted by Gasteiger charge is -2.19. The van der Waals surface area contributed by atoms with E-state index in [2.05, 4.69) is 9.80 Å². The molecule has 0 spiro atoms. The molecule has 0 aromatic heterocycles. The number of phenols is 1. The summed E-state index contributed by atoms with van der Waals surface area (Å²) < 4.78 is 0. The molecule has 3 rings (SSSR count). The molecule has 0 saturated carbocycles. The highest BCUT2D eigenvalue weighted by molar-refractivity contribution is 5.49. The molecule has 1 N–H and O–H groups in total. The first kappa shape index (κ1) is 18.7. The van der Waals surface area contributed by atoms with Crippen molar-refractivity contribution >= 4 is 5.69 Å². The topological polar surface area (TPSA) is 69.8 Å². The molecule has 0 amide bonds. The van der Waals surface area contributed by atoms with Gasteiger partial charge in [-0.2, -0.15) is 0 Å². The smallest absolute Gasteiger partial charge is 0.270 e. The van der Waals surface area contributed by atoms with E-state index in [-0.39, 0.29) is 16.4 Å². The normalized spacial score (nSPS) is 18.4. The molecule has 0 bridgehead atoms. The average Bonchev–Trinajstić information content (AvgIpc) is 3.26. The van der Waals surface area contributed by atoms with E-state index in [0.29, 0.717) is 24.2 Å². The van der Waals surface area contributed by atoms with Crippen LogP contribution in [0.5, 0.6) is 5.75 Å². The summed E-state index contributed by atoms with van der Waals surface area (Å²) in [4.78, 5) is 15.3. The van der Waals surface area contributed by atoms with Gasteiger partial charge in [0.1, 0.15) is 5.75 Å². The second-order valence-corrected chi connectivity index (χ2v) is 6.34. The zero-order valence-electron chi connectivity index (χ0n) is 14.8. The average molecular weight is 335 g/mol. The maximum atomic E-state index is 11.2. The van der Waals surface area contributed by atoms with Gasteiger partial charge in [0.2, 0.25) is 0 Å². The summed E-state index contributed by atoms with van der Waals surface area (Å²) in [7, 11) is 0. The van der Waals surface area contributed by atoms with Crippen LogP contribution >= 0.6 is 0 Å². The van der Waals surface area contributed by atoms with Gasteiger partial charge in [0.15, 0.2) is 0 Å². The molecule has 2 aliphatic rings. The number of non-ortho nitro benzene ring substituents is 1. The van der Waals surface area contributed by atoms with E-state index in [0.717, 1.165) is 51.9 Å². The molecule has 2 heterocycles. The van der Waals surface area contributed by atoms with E-state index in [1.807, 2.05) is 13.8 Å². The van der Waals surface area contributed by atoms with Crippen LogP contribution in [0.2, 0.25) is 0 Å². The largest absolute Gasteiger partial charge is 0.507 e. The quantitative estimate of drug-likeness (QED) is 0.658. The highest BCUT2D eigenvalue weighted by atomic mass is 16.6. The first-order valence-electron chi connectivity index (χ1n) is 9.07. The summed E-state index contributed by atoms with van der Waals surface area (Å²) in [5.74, 6) is 0.240. The van der Waals surface area contributed by atoms with Crippen LogP contribution in [0.3, 0.4) is 0 Å². The van der Waals surface area contributed by atoms with E-state index in [1.165, 1.54) is 12.1 Å². The fourth-order valence-electron chi connectivity index (χ4n) is 3.45. The first-order chi connectivity index (χ1) is 11.6. The molecule has 1 aromatic rings. The van der Waals surface area contributed by atoms with E-state index in [9.17, 15) is 15.2 Å². The SMILES string of the molecule is CC.O=[N+]([O-])c1cc(CN2CCCC2)c(O)c(CN2CCCC2)c1. The van der Waals surface area contributed by atoms with Crippen molar-refractivity contribution in [2.24, 2.45) is 0 Å². The third-order valence-electron chi connectivity index (χ3n) is 4.65. The van der Waals surface area contributed by atoms with Crippen LogP contribution in [-0.2, 0) is 13.1 Å². The molecule has 24 heavy (non-hydrogen) atoms. The number of hydrogen-bond acceptors (Lipinski definition) is 5. The highest BCUT2D eigenvalue weighted by Crippen LogP contribution is 2.31. The third kappa shape index (κ3) is 4.68. The molecule has 134 valence electrons. The van der Waals surface area contributed by atoms with Crippen LogP contribution in [0.25, 0.3) is 0 Å². The lowest BCUT2D eigenvalue weighted by molar-refractivity contribution is -0.385. The maximum absolute atomic E-state index is 11.2. The molecule has 0 atom stereocenters. The minimum atomic E-state index is -0.361. The lowest BCUT2D eigenvalue weighted by Crippen LogP contribution is -2.20. The summed E-state index contributed by atoms with van der Waals surface area (Å²) >= 11 is 0. The Morgan fingerprint density at radius 2 is 1.33 bits per heavy atom. The number of nitrogens with zero attached hydrogens (tertiary/aromatic N) is 3. The Morgan fingerprint density at radius 1 is 0.958 bits per heavy atom. The fraction of sp³-hybridized carbons (Fsp3) is 0.667. The minimum Gasteiger partial charge on any atom is -0.507 e. The van der Waals surface area contributed by atoms with Gasteiger partial charge in [-0.1, -0.05) is 13.8 Å². The third-order valence-corrected chi connectivity index (χ3v) is 4.65. The van der Waals surface area contributed by atoms with Crippen LogP contribution in [0.1, 0.15) is 50.7 Å². The summed E-state index contributed by atoms with van der Waals surface area (Å²) in [5, 5.41) is 21.7. The number of benzene rings is 1. The van der Waals surface area contributed by atoms with Crippen molar-refractivity contribution in [3.8, 4) is 5.75 Å². The first-order valence-corrected chi connectivity index (χ1v) is 9.07. The van der Waals surface area contributed by atoms with Gasteiger partial charge in [-0.3, -0.25) is 19.9 Å². The number of rotatable bonds is 5. The van der Waals surface area contributed by atoms with Crippen LogP contribution in [0.15, 0.2) is 12.1 Å². The monoisotopic (exact) mass is 335 g/mol. The van der Waals surface area contributed by atoms with Gasteiger partial charge >= 0.3 is 0 Å². The van der Waals surface area contributed by atoms with Gasteiger partial charge in [0.25, 0.3) is 5.69 Å². The Labute approximate surface area is 144 Å². The predicted molar refractivity (Wildman–Crippen MR) is 95.1 cm³/mol. The van der Waals surface area contributed by atoms with Crippen molar-refractivity contribution in [2.45, 2.75) is 52.6 Å². The van der Waals surface area contributed by atoms with Crippen LogP contribution in [0, 0.1) is 10.1 Å². The molecule has 1 aromatic carbocycles. The molecular formula is C18H29N3O3. The van der Waals surface area contributed by atoms with Gasteiger partial charge in [-0.25, -0.2) is 0 Å². The lowest BCUT2D eigenvalue weighted by atomic mass is 10.1. The Bertz CT molecular complexity index is 511. The Hall–Kier alpha value is -1.66. The van der Waals surface area contributed by atoms with Gasteiger partial charge in [-0.15, -0.1) is 0 Å². The van der Waals surface area contributed by atoms with Crippen LogP contribution in [0.4, 0.5) is 5.69 Å². The number of nitro benzene ring substituents is 1. The van der Waals surface area contributed by atoms with E-state index < -0.39 is 0 Å². The van der Waals surface area contributed by atoms with Gasteiger partial charge in [0.05, 0.1) is 4.92 Å². The van der Waals surface area contributed by atoms with Crippen molar-refractivity contribution in [1.82, 2.24) is 9.80 Å². The maximum Gasteiger partial charge on any atom is 0.270 e. The molecular weight excluding hydrogens is 306 g/mol.